The Bertz CT molecular complexity index is 643. The predicted octanol–water partition coefficient (Wildman–Crippen LogP) is 1.20. The first kappa shape index (κ1) is 14.5. The van der Waals surface area contributed by atoms with Crippen LogP contribution >= 0.6 is 0 Å². The van der Waals surface area contributed by atoms with Crippen molar-refractivity contribution in [1.29, 1.82) is 0 Å². The molecule has 0 spiro atoms. The van der Waals surface area contributed by atoms with Gasteiger partial charge in [-0.2, -0.15) is 0 Å². The molecule has 0 unspecified atom stereocenters. The number of anilines is 1. The molecule has 0 radical (unpaired) electrons. The highest BCUT2D eigenvalue weighted by Crippen LogP contribution is 2.44. The summed E-state index contributed by atoms with van der Waals surface area (Å²) in [6.07, 6.45) is 0.431. The van der Waals surface area contributed by atoms with E-state index in [4.69, 9.17) is 9.84 Å². The summed E-state index contributed by atoms with van der Waals surface area (Å²) in [6, 6.07) is 6.02. The van der Waals surface area contributed by atoms with Crippen LogP contribution in [0.1, 0.15) is 23.2 Å². The van der Waals surface area contributed by atoms with Gasteiger partial charge in [0.1, 0.15) is 0 Å². The Hall–Kier alpha value is -2.41. The lowest BCUT2D eigenvalue weighted by Crippen LogP contribution is -2.41. The SMILES string of the molecule is O=C(O)c1ccccc1NC(=O)[C@@H]1[C@@H](C(=O)O)[C@H]2CC[C@H]1O2. The van der Waals surface area contributed by atoms with Crippen LogP contribution in [0.5, 0.6) is 0 Å². The highest BCUT2D eigenvalue weighted by atomic mass is 16.5. The number of hydrogen-bond donors (Lipinski definition) is 3. The number of carboxylic acid groups (broad SMARTS) is 2. The second-order valence-corrected chi connectivity index (χ2v) is 5.52. The molecule has 3 rings (SSSR count). The average Bonchev–Trinajstić information content (AvgIpc) is 3.08. The van der Waals surface area contributed by atoms with Crippen LogP contribution in [0.4, 0.5) is 5.69 Å². The van der Waals surface area contributed by atoms with E-state index >= 15 is 0 Å². The van der Waals surface area contributed by atoms with E-state index in [9.17, 15) is 19.5 Å². The van der Waals surface area contributed by atoms with Gasteiger partial charge in [-0.05, 0) is 25.0 Å². The molecule has 2 bridgehead atoms. The molecule has 7 nitrogen and oxygen atoms in total. The predicted molar refractivity (Wildman–Crippen MR) is 74.5 cm³/mol. The molecule has 2 heterocycles. The highest BCUT2D eigenvalue weighted by Gasteiger charge is 2.55. The molecule has 2 saturated heterocycles. The number of aromatic carboxylic acids is 1. The van der Waals surface area contributed by atoms with Crippen molar-refractivity contribution in [1.82, 2.24) is 0 Å². The molecule has 2 aliphatic heterocycles. The maximum absolute atomic E-state index is 12.4. The van der Waals surface area contributed by atoms with Crippen LogP contribution in [0, 0.1) is 11.8 Å². The van der Waals surface area contributed by atoms with Crippen LogP contribution < -0.4 is 5.32 Å². The zero-order chi connectivity index (χ0) is 15.9. The van der Waals surface area contributed by atoms with Crippen molar-refractivity contribution in [3.63, 3.8) is 0 Å². The van der Waals surface area contributed by atoms with Crippen LogP contribution in [-0.2, 0) is 14.3 Å². The van der Waals surface area contributed by atoms with E-state index in [0.29, 0.717) is 12.8 Å². The number of para-hydroxylation sites is 1. The van der Waals surface area contributed by atoms with Gasteiger partial charge >= 0.3 is 11.9 Å². The van der Waals surface area contributed by atoms with E-state index in [0.717, 1.165) is 0 Å². The Morgan fingerprint density at radius 3 is 2.32 bits per heavy atom. The number of carbonyl (C=O) groups is 3. The molecule has 0 saturated carbocycles. The van der Waals surface area contributed by atoms with E-state index in [-0.39, 0.29) is 11.3 Å². The fourth-order valence-electron chi connectivity index (χ4n) is 3.32. The molecular formula is C15H15NO6. The van der Waals surface area contributed by atoms with Crippen molar-refractivity contribution in [2.75, 3.05) is 5.32 Å². The Labute approximate surface area is 125 Å². The van der Waals surface area contributed by atoms with E-state index in [1.807, 2.05) is 0 Å². The Kier molecular flexibility index (Phi) is 3.58. The molecule has 4 atom stereocenters. The van der Waals surface area contributed by atoms with Crippen molar-refractivity contribution >= 4 is 23.5 Å². The van der Waals surface area contributed by atoms with E-state index in [2.05, 4.69) is 5.32 Å². The summed E-state index contributed by atoms with van der Waals surface area (Å²) in [4.78, 5) is 35.0. The minimum atomic E-state index is -1.16. The third kappa shape index (κ3) is 2.33. The summed E-state index contributed by atoms with van der Waals surface area (Å²) in [6.45, 7) is 0. The normalized spacial score (nSPS) is 29.3. The molecule has 2 fully saturated rings. The minimum absolute atomic E-state index is 0.0354. The van der Waals surface area contributed by atoms with Crippen molar-refractivity contribution in [3.8, 4) is 0 Å². The number of nitrogens with one attached hydrogen (secondary N) is 1. The number of ether oxygens (including phenoxy) is 1. The van der Waals surface area contributed by atoms with Gasteiger partial charge in [0.15, 0.2) is 0 Å². The largest absolute Gasteiger partial charge is 0.481 e. The van der Waals surface area contributed by atoms with Gasteiger partial charge in [-0.25, -0.2) is 4.79 Å². The Balaban J connectivity index is 1.83. The lowest BCUT2D eigenvalue weighted by molar-refractivity contribution is -0.147. The van der Waals surface area contributed by atoms with Crippen LogP contribution in [0.15, 0.2) is 24.3 Å². The molecule has 7 heteroatoms. The van der Waals surface area contributed by atoms with E-state index in [1.165, 1.54) is 12.1 Å². The van der Waals surface area contributed by atoms with Crippen LogP contribution in [0.25, 0.3) is 0 Å². The second-order valence-electron chi connectivity index (χ2n) is 5.52. The lowest BCUT2D eigenvalue weighted by Gasteiger charge is -2.24. The maximum atomic E-state index is 12.4. The number of hydrogen-bond acceptors (Lipinski definition) is 4. The number of aliphatic carboxylic acids is 1. The molecule has 22 heavy (non-hydrogen) atoms. The van der Waals surface area contributed by atoms with Gasteiger partial charge in [0.05, 0.1) is 35.3 Å². The number of fused-ring (bicyclic) bond motifs is 2. The molecule has 0 aliphatic carbocycles. The summed E-state index contributed by atoms with van der Waals surface area (Å²) in [5.41, 5.74) is 0.124. The summed E-state index contributed by atoms with van der Waals surface area (Å²) in [5, 5.41) is 21.0. The summed E-state index contributed by atoms with van der Waals surface area (Å²) in [5.74, 6) is -4.39. The molecule has 2 aliphatic rings. The van der Waals surface area contributed by atoms with Crippen LogP contribution in [-0.4, -0.2) is 40.3 Å². The van der Waals surface area contributed by atoms with E-state index in [1.54, 1.807) is 12.1 Å². The molecule has 3 N–H and O–H groups in total. The summed E-state index contributed by atoms with van der Waals surface area (Å²) in [7, 11) is 0. The van der Waals surface area contributed by atoms with Gasteiger partial charge < -0.3 is 20.3 Å². The van der Waals surface area contributed by atoms with Crippen molar-refractivity contribution in [2.24, 2.45) is 11.8 Å². The van der Waals surface area contributed by atoms with Gasteiger partial charge in [0, 0.05) is 0 Å². The molecule has 1 amide bonds. The fraction of sp³-hybridized carbons (Fsp3) is 0.400. The number of rotatable bonds is 4. The number of carbonyl (C=O) groups excluding carboxylic acids is 1. The molecule has 1 aromatic rings. The second kappa shape index (κ2) is 5.42. The highest BCUT2D eigenvalue weighted by molar-refractivity contribution is 6.02. The molecular weight excluding hydrogens is 290 g/mol. The zero-order valence-corrected chi connectivity index (χ0v) is 11.6. The third-order valence-electron chi connectivity index (χ3n) is 4.28. The number of carboxylic acids is 2. The molecule has 116 valence electrons. The van der Waals surface area contributed by atoms with Crippen molar-refractivity contribution in [3.05, 3.63) is 29.8 Å². The molecule has 1 aromatic carbocycles. The summed E-state index contributed by atoms with van der Waals surface area (Å²) < 4.78 is 5.54. The first-order valence-corrected chi connectivity index (χ1v) is 7.00. The van der Waals surface area contributed by atoms with Gasteiger partial charge in [-0.15, -0.1) is 0 Å². The monoisotopic (exact) mass is 305 g/mol. The average molecular weight is 305 g/mol. The summed E-state index contributed by atoms with van der Waals surface area (Å²) >= 11 is 0. The van der Waals surface area contributed by atoms with Gasteiger partial charge in [0.25, 0.3) is 0 Å². The quantitative estimate of drug-likeness (QED) is 0.770. The minimum Gasteiger partial charge on any atom is -0.481 e. The van der Waals surface area contributed by atoms with Gasteiger partial charge in [0.2, 0.25) is 5.91 Å². The van der Waals surface area contributed by atoms with Crippen LogP contribution in [0.3, 0.4) is 0 Å². The number of benzene rings is 1. The van der Waals surface area contributed by atoms with Gasteiger partial charge in [-0.1, -0.05) is 12.1 Å². The zero-order valence-electron chi connectivity index (χ0n) is 11.6. The Morgan fingerprint density at radius 1 is 1.05 bits per heavy atom. The smallest absolute Gasteiger partial charge is 0.337 e. The first-order chi connectivity index (χ1) is 10.5. The van der Waals surface area contributed by atoms with Gasteiger partial charge in [-0.3, -0.25) is 9.59 Å². The van der Waals surface area contributed by atoms with Crippen molar-refractivity contribution in [2.45, 2.75) is 25.0 Å². The fourth-order valence-corrected chi connectivity index (χ4v) is 3.32. The first-order valence-electron chi connectivity index (χ1n) is 7.00. The van der Waals surface area contributed by atoms with E-state index < -0.39 is 41.9 Å². The van der Waals surface area contributed by atoms with Crippen molar-refractivity contribution < 1.29 is 29.3 Å². The third-order valence-corrected chi connectivity index (χ3v) is 4.28. The maximum Gasteiger partial charge on any atom is 0.337 e. The topological polar surface area (TPSA) is 113 Å². The molecule has 0 aromatic heterocycles. The standard InChI is InChI=1S/C15H15NO6/c17-13(16-8-4-2-1-3-7(8)14(18)19)11-9-5-6-10(22-9)12(11)15(20)21/h1-4,9-12H,5-6H2,(H,16,17)(H,18,19)(H,20,21)/t9-,10-,11+,12+/m1/s1. The lowest BCUT2D eigenvalue weighted by atomic mass is 9.78. The number of amides is 1. The van der Waals surface area contributed by atoms with Crippen LogP contribution in [0.2, 0.25) is 0 Å². The Morgan fingerprint density at radius 2 is 1.68 bits per heavy atom.